The summed E-state index contributed by atoms with van der Waals surface area (Å²) in [6.45, 7) is -1.11. The Kier molecular flexibility index (Phi) is 3.36. The number of carboxylic acids is 1. The number of hydrogen-bond acceptors (Lipinski definition) is 3. The number of carbonyl (C=O) groups is 1. The van der Waals surface area contributed by atoms with Gasteiger partial charge in [0.2, 0.25) is 0 Å². The lowest BCUT2D eigenvalue weighted by Crippen LogP contribution is -2.30. The van der Waals surface area contributed by atoms with E-state index in [9.17, 15) is 18.0 Å². The first kappa shape index (κ1) is 12.3. The first-order chi connectivity index (χ1) is 7.29. The Morgan fingerprint density at radius 1 is 1.50 bits per heavy atom. The number of rotatable bonds is 3. The summed E-state index contributed by atoms with van der Waals surface area (Å²) in [5.74, 6) is -1.22. The number of aromatic carboxylic acids is 1. The Morgan fingerprint density at radius 3 is 2.50 bits per heavy atom. The monoisotopic (exact) mass is 234 g/mol. The molecule has 0 saturated heterocycles. The van der Waals surface area contributed by atoms with Gasteiger partial charge in [-0.05, 0) is 12.1 Å². The van der Waals surface area contributed by atoms with Crippen molar-refractivity contribution in [3.05, 3.63) is 24.0 Å². The number of halogens is 3. The van der Waals surface area contributed by atoms with Gasteiger partial charge in [-0.2, -0.15) is 13.2 Å². The van der Waals surface area contributed by atoms with Crippen LogP contribution in [0.5, 0.6) is 0 Å². The van der Waals surface area contributed by atoms with Crippen LogP contribution >= 0.6 is 0 Å². The number of hydrogen-bond donors (Lipinski definition) is 1. The van der Waals surface area contributed by atoms with E-state index in [1.54, 1.807) is 0 Å². The summed E-state index contributed by atoms with van der Waals surface area (Å²) >= 11 is 0. The highest BCUT2D eigenvalue weighted by atomic mass is 19.4. The summed E-state index contributed by atoms with van der Waals surface area (Å²) in [4.78, 5) is 14.9. The van der Waals surface area contributed by atoms with Crippen molar-refractivity contribution in [3.8, 4) is 0 Å². The summed E-state index contributed by atoms with van der Waals surface area (Å²) in [6.07, 6.45) is -3.21. The van der Waals surface area contributed by atoms with E-state index in [-0.39, 0.29) is 11.4 Å². The van der Waals surface area contributed by atoms with Crippen LogP contribution in [-0.2, 0) is 0 Å². The minimum absolute atomic E-state index is 0.204. The predicted octanol–water partition coefficient (Wildman–Crippen LogP) is 1.78. The minimum atomic E-state index is -4.31. The molecule has 0 atom stereocenters. The fraction of sp³-hybridized carbons (Fsp3) is 0.333. The number of pyridine rings is 1. The van der Waals surface area contributed by atoms with Crippen LogP contribution < -0.4 is 4.90 Å². The minimum Gasteiger partial charge on any atom is -0.477 e. The Bertz CT molecular complexity index is 375. The van der Waals surface area contributed by atoms with E-state index < -0.39 is 18.7 Å². The molecule has 0 amide bonds. The Morgan fingerprint density at radius 2 is 2.12 bits per heavy atom. The molecule has 0 aliphatic rings. The molecule has 0 aromatic carbocycles. The largest absolute Gasteiger partial charge is 0.477 e. The second-order valence-corrected chi connectivity index (χ2v) is 3.18. The standard InChI is InChI=1S/C9H9F3N2O2/c1-14(5-9(10,11)12)6-2-3-7(8(15)16)13-4-6/h2-4H,5H2,1H3,(H,15,16). The van der Waals surface area contributed by atoms with Crippen molar-refractivity contribution >= 4 is 11.7 Å². The molecular formula is C9H9F3N2O2. The summed E-state index contributed by atoms with van der Waals surface area (Å²) in [5, 5.41) is 8.54. The zero-order chi connectivity index (χ0) is 12.3. The van der Waals surface area contributed by atoms with Crippen LogP contribution in [0.2, 0.25) is 0 Å². The third-order valence-electron chi connectivity index (χ3n) is 1.82. The molecule has 0 fully saturated rings. The summed E-state index contributed by atoms with van der Waals surface area (Å²) < 4.78 is 36.1. The van der Waals surface area contributed by atoms with Crippen molar-refractivity contribution in [3.63, 3.8) is 0 Å². The van der Waals surface area contributed by atoms with Crippen molar-refractivity contribution in [2.75, 3.05) is 18.5 Å². The molecule has 4 nitrogen and oxygen atoms in total. The normalized spacial score (nSPS) is 11.2. The third-order valence-corrected chi connectivity index (χ3v) is 1.82. The van der Waals surface area contributed by atoms with Crippen LogP contribution in [0.15, 0.2) is 18.3 Å². The number of alkyl halides is 3. The molecule has 7 heteroatoms. The molecule has 16 heavy (non-hydrogen) atoms. The van der Waals surface area contributed by atoms with Gasteiger partial charge in [-0.25, -0.2) is 9.78 Å². The third kappa shape index (κ3) is 3.41. The van der Waals surface area contributed by atoms with Crippen LogP contribution in [-0.4, -0.2) is 35.8 Å². The van der Waals surface area contributed by atoms with Gasteiger partial charge in [0.05, 0.1) is 11.9 Å². The summed E-state index contributed by atoms with van der Waals surface area (Å²) in [6, 6.07) is 2.44. The highest BCUT2D eigenvalue weighted by Gasteiger charge is 2.29. The SMILES string of the molecule is CN(CC(F)(F)F)c1ccc(C(=O)O)nc1. The second kappa shape index (κ2) is 4.38. The van der Waals surface area contributed by atoms with Crippen LogP contribution in [0.1, 0.15) is 10.5 Å². The Labute approximate surface area is 89.3 Å². The van der Waals surface area contributed by atoms with Crippen LogP contribution in [0, 0.1) is 0 Å². The van der Waals surface area contributed by atoms with E-state index >= 15 is 0 Å². The molecule has 1 aromatic rings. The lowest BCUT2D eigenvalue weighted by atomic mass is 10.3. The zero-order valence-corrected chi connectivity index (χ0v) is 8.32. The smallest absolute Gasteiger partial charge is 0.405 e. The predicted molar refractivity (Wildman–Crippen MR) is 50.5 cm³/mol. The molecule has 0 aliphatic heterocycles. The van der Waals surface area contributed by atoms with Gasteiger partial charge in [-0.1, -0.05) is 0 Å². The summed E-state index contributed by atoms with van der Waals surface area (Å²) in [5.41, 5.74) is 0.00600. The highest BCUT2D eigenvalue weighted by molar-refractivity contribution is 5.85. The van der Waals surface area contributed by atoms with E-state index in [2.05, 4.69) is 4.98 Å². The van der Waals surface area contributed by atoms with Crippen molar-refractivity contribution in [2.45, 2.75) is 6.18 Å². The first-order valence-corrected chi connectivity index (χ1v) is 4.27. The van der Waals surface area contributed by atoms with Crippen molar-refractivity contribution < 1.29 is 23.1 Å². The second-order valence-electron chi connectivity index (χ2n) is 3.18. The fourth-order valence-corrected chi connectivity index (χ4v) is 1.10. The van der Waals surface area contributed by atoms with Gasteiger partial charge in [-0.15, -0.1) is 0 Å². The van der Waals surface area contributed by atoms with E-state index in [4.69, 9.17) is 5.11 Å². The first-order valence-electron chi connectivity index (χ1n) is 4.27. The zero-order valence-electron chi connectivity index (χ0n) is 8.32. The number of nitrogens with zero attached hydrogens (tertiary/aromatic N) is 2. The van der Waals surface area contributed by atoms with Gasteiger partial charge in [-0.3, -0.25) is 0 Å². The molecule has 1 heterocycles. The van der Waals surface area contributed by atoms with Crippen molar-refractivity contribution in [1.29, 1.82) is 0 Å². The fourth-order valence-electron chi connectivity index (χ4n) is 1.10. The molecule has 1 aromatic heterocycles. The Balaban J connectivity index is 2.78. The maximum absolute atomic E-state index is 12.0. The molecule has 0 radical (unpaired) electrons. The van der Waals surface area contributed by atoms with Crippen LogP contribution in [0.25, 0.3) is 0 Å². The average molecular weight is 234 g/mol. The number of anilines is 1. The molecule has 1 rings (SSSR count). The molecule has 88 valence electrons. The maximum atomic E-state index is 12.0. The lowest BCUT2D eigenvalue weighted by molar-refractivity contribution is -0.119. The number of carboxylic acid groups (broad SMARTS) is 1. The summed E-state index contributed by atoms with van der Waals surface area (Å²) in [7, 11) is 1.25. The van der Waals surface area contributed by atoms with Crippen LogP contribution in [0.3, 0.4) is 0 Å². The maximum Gasteiger partial charge on any atom is 0.405 e. The van der Waals surface area contributed by atoms with Gasteiger partial charge in [0, 0.05) is 7.05 Å². The van der Waals surface area contributed by atoms with Gasteiger partial charge < -0.3 is 10.0 Å². The van der Waals surface area contributed by atoms with Gasteiger partial charge in [0.15, 0.2) is 0 Å². The van der Waals surface area contributed by atoms with Crippen molar-refractivity contribution in [2.24, 2.45) is 0 Å². The van der Waals surface area contributed by atoms with E-state index in [0.29, 0.717) is 0 Å². The molecule has 0 unspecified atom stereocenters. The van der Waals surface area contributed by atoms with E-state index in [1.165, 1.54) is 13.1 Å². The van der Waals surface area contributed by atoms with Gasteiger partial charge in [0.25, 0.3) is 0 Å². The quantitative estimate of drug-likeness (QED) is 0.866. The lowest BCUT2D eigenvalue weighted by Gasteiger charge is -2.20. The van der Waals surface area contributed by atoms with Gasteiger partial charge >= 0.3 is 12.1 Å². The number of aromatic nitrogens is 1. The molecule has 1 N–H and O–H groups in total. The molecular weight excluding hydrogens is 225 g/mol. The van der Waals surface area contributed by atoms with Crippen molar-refractivity contribution in [1.82, 2.24) is 4.98 Å². The average Bonchev–Trinajstić information content (AvgIpc) is 2.15. The van der Waals surface area contributed by atoms with Gasteiger partial charge in [0.1, 0.15) is 12.2 Å². The Hall–Kier alpha value is -1.79. The topological polar surface area (TPSA) is 53.4 Å². The molecule has 0 saturated carbocycles. The molecule has 0 spiro atoms. The van der Waals surface area contributed by atoms with Crippen LogP contribution in [0.4, 0.5) is 18.9 Å². The van der Waals surface area contributed by atoms with E-state index in [0.717, 1.165) is 17.2 Å². The molecule has 0 bridgehead atoms. The van der Waals surface area contributed by atoms with E-state index in [1.807, 2.05) is 0 Å². The molecule has 0 aliphatic carbocycles. The highest BCUT2D eigenvalue weighted by Crippen LogP contribution is 2.20.